The van der Waals surface area contributed by atoms with Crippen LogP contribution in [0.2, 0.25) is 0 Å². The number of hydrogen-bond donors (Lipinski definition) is 2. The van der Waals surface area contributed by atoms with Gasteiger partial charge in [0.15, 0.2) is 0 Å². The summed E-state index contributed by atoms with van der Waals surface area (Å²) in [5.41, 5.74) is 0.197. The summed E-state index contributed by atoms with van der Waals surface area (Å²) in [6, 6.07) is 1.16. The van der Waals surface area contributed by atoms with Gasteiger partial charge in [0.2, 0.25) is 0 Å². The van der Waals surface area contributed by atoms with E-state index in [-0.39, 0.29) is 11.5 Å². The topological polar surface area (TPSA) is 63.2 Å². The molecular weight excluding hydrogens is 225 g/mol. The molecule has 0 fully saturated rings. The number of nitrogens with zero attached hydrogens (tertiary/aromatic N) is 1. The fourth-order valence-electron chi connectivity index (χ4n) is 1.28. The Kier molecular flexibility index (Phi) is 5.35. The van der Waals surface area contributed by atoms with Crippen LogP contribution in [0, 0.1) is 5.82 Å². The summed E-state index contributed by atoms with van der Waals surface area (Å²) < 4.78 is 17.9. The maximum atomic E-state index is 13.0. The number of carbonyl (C=O) groups excluding carboxylic acids is 1. The van der Waals surface area contributed by atoms with E-state index >= 15 is 0 Å². The standard InChI is InChI=1S/C11H16FN3O2/c1-3-13-10-9(6-8(12)7-15-10)11(16)14-4-5-17-2/h6-7H,3-5H2,1-2H3,(H,13,15)(H,14,16). The second kappa shape index (κ2) is 6.80. The lowest BCUT2D eigenvalue weighted by Crippen LogP contribution is -2.28. The SMILES string of the molecule is CCNc1ncc(F)cc1C(=O)NCCOC. The van der Waals surface area contributed by atoms with Crippen molar-refractivity contribution < 1.29 is 13.9 Å². The fraction of sp³-hybridized carbons (Fsp3) is 0.455. The van der Waals surface area contributed by atoms with E-state index < -0.39 is 5.82 Å². The van der Waals surface area contributed by atoms with E-state index in [2.05, 4.69) is 15.6 Å². The number of aromatic nitrogens is 1. The first-order valence-corrected chi connectivity index (χ1v) is 5.35. The predicted octanol–water partition coefficient (Wildman–Crippen LogP) is 1.03. The van der Waals surface area contributed by atoms with Gasteiger partial charge in [-0.1, -0.05) is 0 Å². The number of ether oxygens (including phenoxy) is 1. The van der Waals surface area contributed by atoms with Gasteiger partial charge < -0.3 is 15.4 Å². The second-order valence-electron chi connectivity index (χ2n) is 3.33. The van der Waals surface area contributed by atoms with Crippen molar-refractivity contribution in [3.63, 3.8) is 0 Å². The molecule has 1 amide bonds. The molecule has 1 aromatic rings. The maximum absolute atomic E-state index is 13.0. The Morgan fingerprint density at radius 2 is 2.35 bits per heavy atom. The number of rotatable bonds is 6. The van der Waals surface area contributed by atoms with Gasteiger partial charge in [0.05, 0.1) is 18.4 Å². The lowest BCUT2D eigenvalue weighted by atomic mass is 10.2. The van der Waals surface area contributed by atoms with Crippen LogP contribution in [0.4, 0.5) is 10.2 Å². The number of carbonyl (C=O) groups is 1. The van der Waals surface area contributed by atoms with Gasteiger partial charge in [0.25, 0.3) is 5.91 Å². The molecule has 94 valence electrons. The van der Waals surface area contributed by atoms with Crippen molar-refractivity contribution in [2.24, 2.45) is 0 Å². The molecule has 0 radical (unpaired) electrons. The highest BCUT2D eigenvalue weighted by molar-refractivity contribution is 5.98. The zero-order valence-corrected chi connectivity index (χ0v) is 9.92. The zero-order chi connectivity index (χ0) is 12.7. The van der Waals surface area contributed by atoms with E-state index in [1.807, 2.05) is 6.92 Å². The Morgan fingerprint density at radius 3 is 3.00 bits per heavy atom. The molecular formula is C11H16FN3O2. The highest BCUT2D eigenvalue weighted by Crippen LogP contribution is 2.13. The molecule has 1 heterocycles. The Hall–Kier alpha value is -1.69. The van der Waals surface area contributed by atoms with Gasteiger partial charge in [-0.05, 0) is 13.0 Å². The average molecular weight is 241 g/mol. The molecule has 0 saturated heterocycles. The van der Waals surface area contributed by atoms with Crippen LogP contribution in [0.1, 0.15) is 17.3 Å². The van der Waals surface area contributed by atoms with Crippen molar-refractivity contribution in [3.05, 3.63) is 23.6 Å². The summed E-state index contributed by atoms with van der Waals surface area (Å²) in [5, 5.41) is 5.52. The van der Waals surface area contributed by atoms with Crippen molar-refractivity contribution in [2.75, 3.05) is 32.1 Å². The monoisotopic (exact) mass is 241 g/mol. The fourth-order valence-corrected chi connectivity index (χ4v) is 1.28. The minimum Gasteiger partial charge on any atom is -0.383 e. The molecule has 1 aromatic heterocycles. The molecule has 0 aromatic carbocycles. The van der Waals surface area contributed by atoms with Crippen molar-refractivity contribution >= 4 is 11.7 Å². The van der Waals surface area contributed by atoms with Crippen LogP contribution >= 0.6 is 0 Å². The van der Waals surface area contributed by atoms with Crippen molar-refractivity contribution in [2.45, 2.75) is 6.92 Å². The van der Waals surface area contributed by atoms with E-state index in [1.54, 1.807) is 7.11 Å². The number of methoxy groups -OCH3 is 1. The van der Waals surface area contributed by atoms with E-state index in [4.69, 9.17) is 4.74 Å². The summed E-state index contributed by atoms with van der Waals surface area (Å²) in [4.78, 5) is 15.6. The van der Waals surface area contributed by atoms with Gasteiger partial charge in [-0.25, -0.2) is 9.37 Å². The smallest absolute Gasteiger partial charge is 0.255 e. The first kappa shape index (κ1) is 13.4. The molecule has 0 bridgehead atoms. The van der Waals surface area contributed by atoms with Gasteiger partial charge in [0, 0.05) is 20.2 Å². The third-order valence-electron chi connectivity index (χ3n) is 2.03. The molecule has 0 spiro atoms. The van der Waals surface area contributed by atoms with Gasteiger partial charge in [-0.15, -0.1) is 0 Å². The van der Waals surface area contributed by atoms with Gasteiger partial charge in [-0.2, -0.15) is 0 Å². The second-order valence-corrected chi connectivity index (χ2v) is 3.33. The summed E-state index contributed by atoms with van der Waals surface area (Å²) in [7, 11) is 1.54. The van der Waals surface area contributed by atoms with Crippen LogP contribution in [-0.2, 0) is 4.74 Å². The van der Waals surface area contributed by atoms with Crippen LogP contribution < -0.4 is 10.6 Å². The molecule has 0 unspecified atom stereocenters. The Morgan fingerprint density at radius 1 is 1.59 bits per heavy atom. The van der Waals surface area contributed by atoms with Crippen LogP contribution in [0.3, 0.4) is 0 Å². The lowest BCUT2D eigenvalue weighted by molar-refractivity contribution is 0.0937. The predicted molar refractivity (Wildman–Crippen MR) is 62.6 cm³/mol. The van der Waals surface area contributed by atoms with Crippen LogP contribution in [0.15, 0.2) is 12.3 Å². The number of pyridine rings is 1. The molecule has 0 atom stereocenters. The van der Waals surface area contributed by atoms with Crippen LogP contribution in [0.5, 0.6) is 0 Å². The minimum atomic E-state index is -0.538. The first-order chi connectivity index (χ1) is 8.19. The largest absolute Gasteiger partial charge is 0.383 e. The van der Waals surface area contributed by atoms with Crippen molar-refractivity contribution in [1.29, 1.82) is 0 Å². The van der Waals surface area contributed by atoms with E-state index in [0.717, 1.165) is 12.3 Å². The highest BCUT2D eigenvalue weighted by atomic mass is 19.1. The normalized spacial score (nSPS) is 10.1. The quantitative estimate of drug-likeness (QED) is 0.730. The number of hydrogen-bond acceptors (Lipinski definition) is 4. The van der Waals surface area contributed by atoms with Crippen LogP contribution in [-0.4, -0.2) is 37.7 Å². The van der Waals surface area contributed by atoms with E-state index in [9.17, 15) is 9.18 Å². The number of amides is 1. The number of anilines is 1. The van der Waals surface area contributed by atoms with Crippen LogP contribution in [0.25, 0.3) is 0 Å². The summed E-state index contributed by atoms with van der Waals surface area (Å²) in [6.07, 6.45) is 1.07. The Bertz CT molecular complexity index is 385. The molecule has 1 rings (SSSR count). The molecule has 5 nitrogen and oxygen atoms in total. The Balaban J connectivity index is 2.78. The average Bonchev–Trinajstić information content (AvgIpc) is 2.32. The highest BCUT2D eigenvalue weighted by Gasteiger charge is 2.13. The molecule has 17 heavy (non-hydrogen) atoms. The molecule has 6 heteroatoms. The molecule has 0 aliphatic carbocycles. The maximum Gasteiger partial charge on any atom is 0.255 e. The molecule has 2 N–H and O–H groups in total. The van der Waals surface area contributed by atoms with E-state index in [1.165, 1.54) is 0 Å². The third-order valence-corrected chi connectivity index (χ3v) is 2.03. The number of nitrogens with one attached hydrogen (secondary N) is 2. The van der Waals surface area contributed by atoms with Gasteiger partial charge in [0.1, 0.15) is 11.6 Å². The van der Waals surface area contributed by atoms with E-state index in [0.29, 0.717) is 25.5 Å². The lowest BCUT2D eigenvalue weighted by Gasteiger charge is -2.09. The number of halogens is 1. The molecule has 0 saturated carbocycles. The third kappa shape index (κ3) is 3.99. The minimum absolute atomic E-state index is 0.197. The molecule has 0 aliphatic rings. The summed E-state index contributed by atoms with van der Waals surface area (Å²) in [5.74, 6) is -0.530. The summed E-state index contributed by atoms with van der Waals surface area (Å²) >= 11 is 0. The molecule has 0 aliphatic heterocycles. The summed E-state index contributed by atoms with van der Waals surface area (Å²) in [6.45, 7) is 3.26. The van der Waals surface area contributed by atoms with Gasteiger partial charge in [-0.3, -0.25) is 4.79 Å². The first-order valence-electron chi connectivity index (χ1n) is 5.35. The van der Waals surface area contributed by atoms with Crippen molar-refractivity contribution in [3.8, 4) is 0 Å². The Labute approximate surface area is 99.4 Å². The van der Waals surface area contributed by atoms with Crippen molar-refractivity contribution in [1.82, 2.24) is 10.3 Å². The van der Waals surface area contributed by atoms with Gasteiger partial charge >= 0.3 is 0 Å². The zero-order valence-electron chi connectivity index (χ0n) is 9.92.